The zero-order valence-corrected chi connectivity index (χ0v) is 16.1. The van der Waals surface area contributed by atoms with E-state index in [2.05, 4.69) is 5.32 Å². The third-order valence-corrected chi connectivity index (χ3v) is 3.88. The molecular formula is C14H24NO7W-. The minimum absolute atomic E-state index is 0. The van der Waals surface area contributed by atoms with E-state index in [4.69, 9.17) is 14.2 Å². The number of amides is 1. The van der Waals surface area contributed by atoms with Crippen molar-refractivity contribution >= 4 is 5.91 Å². The minimum atomic E-state index is -1.16. The number of aliphatic hydroxyl groups excluding tert-OH is 3. The molecule has 0 saturated carbocycles. The van der Waals surface area contributed by atoms with Gasteiger partial charge in [0.05, 0.1) is 18.3 Å². The average molecular weight is 502 g/mol. The molecule has 7 atom stereocenters. The van der Waals surface area contributed by atoms with Gasteiger partial charge in [-0.15, -0.1) is 0 Å². The van der Waals surface area contributed by atoms with Crippen molar-refractivity contribution in [1.29, 1.82) is 0 Å². The Morgan fingerprint density at radius 1 is 1.35 bits per heavy atom. The van der Waals surface area contributed by atoms with Gasteiger partial charge in [0.15, 0.2) is 6.29 Å². The second kappa shape index (κ2) is 9.41. The van der Waals surface area contributed by atoms with Gasteiger partial charge in [-0.1, -0.05) is 6.92 Å². The maximum absolute atomic E-state index is 11.3. The van der Waals surface area contributed by atoms with Crippen LogP contribution in [0.15, 0.2) is 0 Å². The van der Waals surface area contributed by atoms with Crippen LogP contribution in [0.1, 0.15) is 26.7 Å². The normalized spacial score (nSPS) is 41.0. The van der Waals surface area contributed by atoms with Crippen LogP contribution in [0.5, 0.6) is 0 Å². The van der Waals surface area contributed by atoms with Gasteiger partial charge in [0, 0.05) is 41.0 Å². The summed E-state index contributed by atoms with van der Waals surface area (Å²) in [7, 11) is 0. The molecule has 0 aromatic heterocycles. The van der Waals surface area contributed by atoms with Gasteiger partial charge in [-0.3, -0.25) is 4.79 Å². The van der Waals surface area contributed by atoms with Gasteiger partial charge in [0.25, 0.3) is 0 Å². The van der Waals surface area contributed by atoms with E-state index >= 15 is 0 Å². The third kappa shape index (κ3) is 5.46. The molecule has 7 unspecified atom stereocenters. The molecule has 2 aliphatic heterocycles. The maximum Gasteiger partial charge on any atom is 0.217 e. The summed E-state index contributed by atoms with van der Waals surface area (Å²) in [6.07, 6.45) is -4.04. The Hall–Kier alpha value is -0.0817. The molecule has 2 aliphatic rings. The van der Waals surface area contributed by atoms with Crippen LogP contribution in [0, 0.1) is 6.61 Å². The Morgan fingerprint density at radius 3 is 2.65 bits per heavy atom. The van der Waals surface area contributed by atoms with E-state index in [0.717, 1.165) is 0 Å². The molecule has 0 aromatic carbocycles. The summed E-state index contributed by atoms with van der Waals surface area (Å²) in [6, 6.07) is -0.750. The summed E-state index contributed by atoms with van der Waals surface area (Å²) in [6.45, 7) is 4.53. The first-order valence-corrected chi connectivity index (χ1v) is 7.49. The predicted octanol–water partition coefficient (Wildman–Crippen LogP) is -1.33. The van der Waals surface area contributed by atoms with E-state index in [0.29, 0.717) is 12.8 Å². The Labute approximate surface area is 149 Å². The summed E-state index contributed by atoms with van der Waals surface area (Å²) in [5.41, 5.74) is 0. The second-order valence-corrected chi connectivity index (χ2v) is 5.69. The fourth-order valence-electron chi connectivity index (χ4n) is 2.62. The van der Waals surface area contributed by atoms with Crippen molar-refractivity contribution in [2.75, 3.05) is 6.61 Å². The van der Waals surface area contributed by atoms with Crippen LogP contribution in [-0.4, -0.2) is 70.7 Å². The molecule has 0 spiro atoms. The van der Waals surface area contributed by atoms with Gasteiger partial charge in [0.1, 0.15) is 12.1 Å². The molecule has 0 aliphatic carbocycles. The van der Waals surface area contributed by atoms with Crippen LogP contribution < -0.4 is 5.32 Å². The van der Waals surface area contributed by atoms with E-state index in [1.165, 1.54) is 13.5 Å². The Bertz CT molecular complexity index is 386. The molecule has 23 heavy (non-hydrogen) atoms. The number of rotatable bonds is 4. The molecular weight excluding hydrogens is 478 g/mol. The SMILES string of the molecule is CCC1CC(O)C(NC(C)=O)C(OC2[CH-]OCC(O)C2O)O1.[W]. The van der Waals surface area contributed by atoms with Crippen LogP contribution in [0.4, 0.5) is 0 Å². The molecule has 2 saturated heterocycles. The van der Waals surface area contributed by atoms with E-state index in [-0.39, 0.29) is 39.7 Å². The summed E-state index contributed by atoms with van der Waals surface area (Å²) >= 11 is 0. The predicted molar refractivity (Wildman–Crippen MR) is 74.3 cm³/mol. The van der Waals surface area contributed by atoms with Gasteiger partial charge in [-0.05, 0) is 12.5 Å². The van der Waals surface area contributed by atoms with Crippen LogP contribution in [0.2, 0.25) is 0 Å². The van der Waals surface area contributed by atoms with Gasteiger partial charge in [-0.2, -0.15) is 6.61 Å². The Kier molecular flexibility index (Phi) is 8.58. The minimum Gasteiger partial charge on any atom is -0.548 e. The van der Waals surface area contributed by atoms with Gasteiger partial charge < -0.3 is 34.8 Å². The molecule has 2 fully saturated rings. The molecule has 2 rings (SSSR count). The van der Waals surface area contributed by atoms with Crippen LogP contribution in [-0.2, 0) is 40.1 Å². The van der Waals surface area contributed by atoms with E-state index < -0.39 is 36.7 Å². The van der Waals surface area contributed by atoms with Crippen molar-refractivity contribution in [3.05, 3.63) is 6.61 Å². The summed E-state index contributed by atoms with van der Waals surface area (Å²) in [5.74, 6) is -0.319. The van der Waals surface area contributed by atoms with Crippen molar-refractivity contribution in [2.45, 2.75) is 69.5 Å². The average Bonchev–Trinajstić information content (AvgIpc) is 2.46. The fourth-order valence-corrected chi connectivity index (χ4v) is 2.62. The molecule has 0 aromatic rings. The zero-order chi connectivity index (χ0) is 16.3. The summed E-state index contributed by atoms with van der Waals surface area (Å²) in [4.78, 5) is 11.3. The monoisotopic (exact) mass is 502 g/mol. The van der Waals surface area contributed by atoms with E-state index in [1.54, 1.807) is 0 Å². The molecule has 134 valence electrons. The molecule has 8 nitrogen and oxygen atoms in total. The number of hydrogen-bond donors (Lipinski definition) is 4. The number of hydrogen-bond acceptors (Lipinski definition) is 7. The second-order valence-electron chi connectivity index (χ2n) is 5.69. The Balaban J connectivity index is 0.00000264. The maximum atomic E-state index is 11.3. The topological polar surface area (TPSA) is 117 Å². The van der Waals surface area contributed by atoms with Gasteiger partial charge in [0.2, 0.25) is 5.91 Å². The largest absolute Gasteiger partial charge is 0.548 e. The number of nitrogens with one attached hydrogen (secondary N) is 1. The molecule has 0 bridgehead atoms. The molecule has 9 heteroatoms. The van der Waals surface area contributed by atoms with Crippen molar-refractivity contribution < 1.29 is 55.4 Å². The summed E-state index contributed by atoms with van der Waals surface area (Å²) in [5, 5.41) is 32.4. The van der Waals surface area contributed by atoms with E-state index in [9.17, 15) is 20.1 Å². The number of carbonyl (C=O) groups is 1. The molecule has 2 heterocycles. The van der Waals surface area contributed by atoms with Crippen molar-refractivity contribution in [1.82, 2.24) is 5.32 Å². The first-order valence-electron chi connectivity index (χ1n) is 7.49. The van der Waals surface area contributed by atoms with Crippen LogP contribution in [0.25, 0.3) is 0 Å². The summed E-state index contributed by atoms with van der Waals surface area (Å²) < 4.78 is 16.4. The fraction of sp³-hybridized carbons (Fsp3) is 0.857. The quantitative estimate of drug-likeness (QED) is 0.353. The smallest absolute Gasteiger partial charge is 0.217 e. The van der Waals surface area contributed by atoms with Crippen molar-refractivity contribution in [3.63, 3.8) is 0 Å². The van der Waals surface area contributed by atoms with Crippen LogP contribution >= 0.6 is 0 Å². The third-order valence-electron chi connectivity index (χ3n) is 3.88. The molecule has 1 amide bonds. The van der Waals surface area contributed by atoms with Crippen molar-refractivity contribution in [3.8, 4) is 0 Å². The van der Waals surface area contributed by atoms with Gasteiger partial charge in [-0.25, -0.2) is 0 Å². The number of aliphatic hydroxyl groups is 3. The first kappa shape index (κ1) is 21.0. The van der Waals surface area contributed by atoms with Gasteiger partial charge >= 0.3 is 0 Å². The molecule has 0 radical (unpaired) electrons. The first-order chi connectivity index (χ1) is 10.4. The number of ether oxygens (including phenoxy) is 3. The zero-order valence-electron chi connectivity index (χ0n) is 13.1. The van der Waals surface area contributed by atoms with Crippen LogP contribution in [0.3, 0.4) is 0 Å². The Morgan fingerprint density at radius 2 is 2.04 bits per heavy atom. The standard InChI is InChI=1S/C14H24NO7.W/c1-3-8-4-9(17)12(15-7(2)16)14(21-8)22-11-6-20-5-10(18)13(11)19;/h6,8-14,17-19H,3-5H2,1-2H3,(H,15,16);/q-1;. The van der Waals surface area contributed by atoms with Crippen molar-refractivity contribution in [2.24, 2.45) is 0 Å². The number of carbonyl (C=O) groups excluding carboxylic acids is 1. The molecule has 4 N–H and O–H groups in total. The van der Waals surface area contributed by atoms with E-state index in [1.807, 2.05) is 6.92 Å².